The minimum Gasteiger partial charge on any atom is -0.384 e. The molecule has 0 bridgehead atoms. The highest BCUT2D eigenvalue weighted by Gasteiger charge is 2.32. The maximum Gasteiger partial charge on any atom is 0.240 e. The number of aryl methyl sites for hydroxylation is 2. The van der Waals surface area contributed by atoms with Gasteiger partial charge in [-0.2, -0.15) is 0 Å². The Hall–Kier alpha value is -1.48. The molecule has 1 aliphatic heterocycles. The van der Waals surface area contributed by atoms with Crippen LogP contribution in [0.15, 0.2) is 23.1 Å². The zero-order valence-electron chi connectivity index (χ0n) is 16.4. The van der Waals surface area contributed by atoms with Gasteiger partial charge in [0.2, 0.25) is 15.9 Å². The third-order valence-corrected chi connectivity index (χ3v) is 6.66. The smallest absolute Gasteiger partial charge is 0.240 e. The van der Waals surface area contributed by atoms with Crippen molar-refractivity contribution in [3.8, 4) is 0 Å². The molecule has 1 amide bonds. The third kappa shape index (κ3) is 6.27. The molecule has 0 atom stereocenters. The van der Waals surface area contributed by atoms with E-state index in [4.69, 9.17) is 4.74 Å². The van der Waals surface area contributed by atoms with Gasteiger partial charge in [-0.15, -0.1) is 0 Å². The molecular formula is C19H31N3O4S. The van der Waals surface area contributed by atoms with Crippen molar-refractivity contribution >= 4 is 15.9 Å². The molecule has 0 aliphatic carbocycles. The van der Waals surface area contributed by atoms with Crippen molar-refractivity contribution in [3.63, 3.8) is 0 Å². The number of piperidine rings is 1. The van der Waals surface area contributed by atoms with E-state index in [9.17, 15) is 13.2 Å². The highest BCUT2D eigenvalue weighted by Crippen LogP contribution is 2.28. The Morgan fingerprint density at radius 1 is 1.26 bits per heavy atom. The average molecular weight is 398 g/mol. The summed E-state index contributed by atoms with van der Waals surface area (Å²) >= 11 is 0. The molecule has 0 radical (unpaired) electrons. The number of rotatable bonds is 9. The van der Waals surface area contributed by atoms with Crippen molar-refractivity contribution < 1.29 is 17.9 Å². The van der Waals surface area contributed by atoms with E-state index >= 15 is 0 Å². The van der Waals surface area contributed by atoms with Crippen LogP contribution in [0.25, 0.3) is 0 Å². The lowest BCUT2D eigenvalue weighted by Gasteiger charge is -2.37. The summed E-state index contributed by atoms with van der Waals surface area (Å²) in [5, 5.41) is 6.26. The number of sulfonamides is 1. The first-order valence-corrected chi connectivity index (χ1v) is 10.8. The maximum atomic E-state index is 12.5. The number of methoxy groups -OCH3 is 1. The van der Waals surface area contributed by atoms with Crippen LogP contribution in [-0.4, -0.2) is 54.2 Å². The molecule has 1 aromatic rings. The van der Waals surface area contributed by atoms with Gasteiger partial charge in [0, 0.05) is 32.0 Å². The largest absolute Gasteiger partial charge is 0.384 e. The Bertz CT molecular complexity index is 738. The Balaban J connectivity index is 1.84. The molecule has 7 nitrogen and oxygen atoms in total. The normalized spacial score (nSPS) is 16.9. The second-order valence-corrected chi connectivity index (χ2v) is 9.11. The fourth-order valence-corrected chi connectivity index (χ4v) is 4.74. The molecule has 8 heteroatoms. The molecule has 0 saturated carbocycles. The van der Waals surface area contributed by atoms with E-state index in [1.54, 1.807) is 26.2 Å². The molecule has 1 heterocycles. The highest BCUT2D eigenvalue weighted by molar-refractivity contribution is 7.89. The summed E-state index contributed by atoms with van der Waals surface area (Å²) in [5.41, 5.74) is 1.52. The van der Waals surface area contributed by atoms with Crippen LogP contribution in [0.5, 0.6) is 0 Å². The van der Waals surface area contributed by atoms with Crippen molar-refractivity contribution in [3.05, 3.63) is 29.3 Å². The number of carbonyl (C=O) groups excluding carboxylic acids is 1. The second-order valence-electron chi connectivity index (χ2n) is 7.38. The van der Waals surface area contributed by atoms with E-state index in [2.05, 4.69) is 15.4 Å². The minimum absolute atomic E-state index is 0.0478. The first-order chi connectivity index (χ1) is 12.8. The number of benzene rings is 1. The van der Waals surface area contributed by atoms with Crippen LogP contribution in [0.4, 0.5) is 0 Å². The standard InChI is InChI=1S/C19H31N3O4S/c1-15-4-5-16(2)17(12-15)27(24,25)22-9-6-18(23)21-13-19(14-26-3)7-10-20-11-8-19/h4-5,12,20,22H,6-11,13-14H2,1-3H3,(H,21,23). The number of hydrogen-bond acceptors (Lipinski definition) is 5. The van der Waals surface area contributed by atoms with Crippen LogP contribution in [0.1, 0.15) is 30.4 Å². The van der Waals surface area contributed by atoms with Crippen molar-refractivity contribution in [2.45, 2.75) is 38.0 Å². The quantitative estimate of drug-likeness (QED) is 0.580. The van der Waals surface area contributed by atoms with Gasteiger partial charge in [0.05, 0.1) is 11.5 Å². The molecule has 1 fully saturated rings. The van der Waals surface area contributed by atoms with Crippen LogP contribution in [0.3, 0.4) is 0 Å². The lowest BCUT2D eigenvalue weighted by atomic mass is 9.79. The lowest BCUT2D eigenvalue weighted by molar-refractivity contribution is -0.121. The molecule has 152 valence electrons. The molecule has 0 unspecified atom stereocenters. The highest BCUT2D eigenvalue weighted by atomic mass is 32.2. The number of nitrogens with one attached hydrogen (secondary N) is 3. The lowest BCUT2D eigenvalue weighted by Crippen LogP contribution is -2.47. The van der Waals surface area contributed by atoms with Gasteiger partial charge in [0.15, 0.2) is 0 Å². The summed E-state index contributed by atoms with van der Waals surface area (Å²) in [5.74, 6) is -0.160. The van der Waals surface area contributed by atoms with Crippen LogP contribution < -0.4 is 15.4 Å². The molecule has 1 aliphatic rings. The molecular weight excluding hydrogens is 366 g/mol. The number of ether oxygens (including phenoxy) is 1. The first-order valence-electron chi connectivity index (χ1n) is 9.31. The van der Waals surface area contributed by atoms with Gasteiger partial charge in [0.1, 0.15) is 0 Å². The fraction of sp³-hybridized carbons (Fsp3) is 0.632. The second kappa shape index (κ2) is 9.64. The van der Waals surface area contributed by atoms with Gasteiger partial charge in [-0.1, -0.05) is 12.1 Å². The number of amides is 1. The first kappa shape index (κ1) is 21.8. The van der Waals surface area contributed by atoms with E-state index < -0.39 is 10.0 Å². The number of carbonyl (C=O) groups is 1. The molecule has 3 N–H and O–H groups in total. The molecule has 1 saturated heterocycles. The van der Waals surface area contributed by atoms with Crippen LogP contribution in [0, 0.1) is 19.3 Å². The fourth-order valence-electron chi connectivity index (χ4n) is 3.38. The van der Waals surface area contributed by atoms with Gasteiger partial charge in [-0.25, -0.2) is 13.1 Å². The summed E-state index contributed by atoms with van der Waals surface area (Å²) in [7, 11) is -1.95. The topological polar surface area (TPSA) is 96.5 Å². The van der Waals surface area contributed by atoms with Crippen LogP contribution in [0.2, 0.25) is 0 Å². The van der Waals surface area contributed by atoms with Gasteiger partial charge >= 0.3 is 0 Å². The van der Waals surface area contributed by atoms with Crippen molar-refractivity contribution in [2.24, 2.45) is 5.41 Å². The van der Waals surface area contributed by atoms with Gasteiger partial charge in [-0.3, -0.25) is 4.79 Å². The maximum absolute atomic E-state index is 12.5. The van der Waals surface area contributed by atoms with Crippen molar-refractivity contribution in [1.29, 1.82) is 0 Å². The minimum atomic E-state index is -3.62. The average Bonchev–Trinajstić information content (AvgIpc) is 2.63. The Kier molecular flexibility index (Phi) is 7.79. The Labute approximate surface area is 162 Å². The zero-order chi connectivity index (χ0) is 19.9. The Morgan fingerprint density at radius 3 is 2.63 bits per heavy atom. The van der Waals surface area contributed by atoms with Crippen LogP contribution >= 0.6 is 0 Å². The van der Waals surface area contributed by atoms with Gasteiger partial charge < -0.3 is 15.4 Å². The van der Waals surface area contributed by atoms with E-state index in [0.717, 1.165) is 31.5 Å². The molecule has 2 rings (SSSR count). The van der Waals surface area contributed by atoms with Crippen molar-refractivity contribution in [1.82, 2.24) is 15.4 Å². The summed E-state index contributed by atoms with van der Waals surface area (Å²) in [6.07, 6.45) is 1.99. The van der Waals surface area contributed by atoms with E-state index in [-0.39, 0.29) is 29.2 Å². The van der Waals surface area contributed by atoms with Crippen molar-refractivity contribution in [2.75, 3.05) is 39.9 Å². The van der Waals surface area contributed by atoms with E-state index in [1.165, 1.54) is 0 Å². The molecule has 27 heavy (non-hydrogen) atoms. The van der Waals surface area contributed by atoms with Crippen LogP contribution in [-0.2, 0) is 19.6 Å². The predicted octanol–water partition coefficient (Wildman–Crippen LogP) is 1.10. The van der Waals surface area contributed by atoms with E-state index in [1.807, 2.05) is 13.0 Å². The summed E-state index contributed by atoms with van der Waals surface area (Å²) in [6, 6.07) is 5.30. The Morgan fingerprint density at radius 2 is 1.96 bits per heavy atom. The van der Waals surface area contributed by atoms with E-state index in [0.29, 0.717) is 18.7 Å². The summed E-state index contributed by atoms with van der Waals surface area (Å²) in [4.78, 5) is 12.4. The summed E-state index contributed by atoms with van der Waals surface area (Å²) < 4.78 is 32.8. The monoisotopic (exact) mass is 397 g/mol. The molecule has 0 spiro atoms. The molecule has 1 aromatic carbocycles. The number of hydrogen-bond donors (Lipinski definition) is 3. The SMILES string of the molecule is COCC1(CNC(=O)CCNS(=O)(=O)c2cc(C)ccc2C)CCNCC1. The predicted molar refractivity (Wildman–Crippen MR) is 105 cm³/mol. The zero-order valence-corrected chi connectivity index (χ0v) is 17.2. The van der Waals surface area contributed by atoms with Gasteiger partial charge in [0.25, 0.3) is 0 Å². The summed E-state index contributed by atoms with van der Waals surface area (Å²) in [6.45, 7) is 6.65. The molecule has 0 aromatic heterocycles. The third-order valence-electron chi connectivity index (χ3n) is 5.05. The van der Waals surface area contributed by atoms with Gasteiger partial charge in [-0.05, 0) is 57.0 Å².